The number of allylic oxidation sites excluding steroid dienone is 1. The van der Waals surface area contributed by atoms with E-state index in [9.17, 15) is 12.8 Å². The monoisotopic (exact) mass is 560 g/mol. The van der Waals surface area contributed by atoms with E-state index in [1.165, 1.54) is 24.5 Å². The first-order valence-corrected chi connectivity index (χ1v) is 12.9. The van der Waals surface area contributed by atoms with Gasteiger partial charge in [0, 0.05) is 23.9 Å². The Kier molecular flexibility index (Phi) is 6.52. The summed E-state index contributed by atoms with van der Waals surface area (Å²) in [7, 11) is -4.36. The first-order chi connectivity index (χ1) is 17.6. The first-order valence-electron chi connectivity index (χ1n) is 10.7. The third-order valence-corrected chi connectivity index (χ3v) is 7.82. The number of nitrogens with one attached hydrogen (secondary N) is 2. The summed E-state index contributed by atoms with van der Waals surface area (Å²) in [6, 6.07) is 9.35. The Labute approximate surface area is 220 Å². The van der Waals surface area contributed by atoms with Gasteiger partial charge in [-0.1, -0.05) is 29.3 Å². The Hall–Kier alpha value is -3.67. The van der Waals surface area contributed by atoms with Gasteiger partial charge in [-0.05, 0) is 43.3 Å². The molecule has 188 valence electrons. The molecule has 5 rings (SSSR count). The number of halogens is 4. The maximum Gasteiger partial charge on any atom is 0.263 e. The number of benzene rings is 2. The van der Waals surface area contributed by atoms with E-state index in [0.717, 1.165) is 23.4 Å². The zero-order chi connectivity index (χ0) is 26.3. The molecule has 0 fully saturated rings. The Morgan fingerprint density at radius 2 is 1.84 bits per heavy atom. The van der Waals surface area contributed by atoms with Crippen molar-refractivity contribution in [3.05, 3.63) is 82.4 Å². The molecule has 0 saturated carbocycles. The molecule has 13 heteroatoms. The van der Waals surface area contributed by atoms with E-state index in [4.69, 9.17) is 23.2 Å². The Morgan fingerprint density at radius 3 is 2.59 bits per heavy atom. The second-order valence-corrected chi connectivity index (χ2v) is 10.5. The summed E-state index contributed by atoms with van der Waals surface area (Å²) >= 11 is 11.9. The van der Waals surface area contributed by atoms with Gasteiger partial charge in [-0.15, -0.1) is 0 Å². The van der Waals surface area contributed by atoms with Crippen LogP contribution >= 0.6 is 23.2 Å². The lowest BCUT2D eigenvalue weighted by molar-refractivity contribution is 0.588. The van der Waals surface area contributed by atoms with Crippen LogP contribution in [0.15, 0.2) is 64.9 Å². The van der Waals surface area contributed by atoms with Crippen LogP contribution in [0.5, 0.6) is 0 Å². The molecule has 2 aromatic carbocycles. The molecule has 0 unspecified atom stereocenters. The first kappa shape index (κ1) is 25.0. The zero-order valence-electron chi connectivity index (χ0n) is 18.9. The number of sulfonamides is 1. The Morgan fingerprint density at radius 1 is 1.03 bits per heavy atom. The molecule has 0 spiro atoms. The highest BCUT2D eigenvalue weighted by atomic mass is 35.5. The highest BCUT2D eigenvalue weighted by molar-refractivity contribution is 7.92. The standard InChI is InChI=1S/C24H16Cl2F2N6O2S/c1-12-9-13(10-29-12)16-7-8-18-23(32-16)24(31-11-30-18)33-22-15(27)5-6-17(21(22)28)34-37(35,36)19-4-2-3-14(25)20(19)26/h2-8,10-11,34H,9H2,1H3,(H,30,31,33). The number of aliphatic imine (C=N–C) groups is 1. The van der Waals surface area contributed by atoms with Crippen LogP contribution in [0, 0.1) is 11.6 Å². The number of anilines is 3. The lowest BCUT2D eigenvalue weighted by Gasteiger charge is -2.15. The lowest BCUT2D eigenvalue weighted by Crippen LogP contribution is -2.15. The van der Waals surface area contributed by atoms with Crippen LogP contribution < -0.4 is 10.0 Å². The van der Waals surface area contributed by atoms with Gasteiger partial charge < -0.3 is 5.32 Å². The summed E-state index contributed by atoms with van der Waals surface area (Å²) in [6.45, 7) is 1.90. The number of rotatable bonds is 6. The predicted molar refractivity (Wildman–Crippen MR) is 140 cm³/mol. The fraction of sp³-hybridized carbons (Fsp3) is 0.0833. The summed E-state index contributed by atoms with van der Waals surface area (Å²) in [4.78, 5) is 16.7. The predicted octanol–water partition coefficient (Wildman–Crippen LogP) is 6.36. The van der Waals surface area contributed by atoms with Gasteiger partial charge in [0.2, 0.25) is 0 Å². The van der Waals surface area contributed by atoms with Crippen LogP contribution in [-0.4, -0.2) is 29.1 Å². The van der Waals surface area contributed by atoms with E-state index in [1.807, 2.05) is 6.92 Å². The maximum atomic E-state index is 15.4. The van der Waals surface area contributed by atoms with Crippen molar-refractivity contribution in [1.82, 2.24) is 15.0 Å². The van der Waals surface area contributed by atoms with Crippen molar-refractivity contribution >= 4 is 72.7 Å². The van der Waals surface area contributed by atoms with Crippen LogP contribution in [0.2, 0.25) is 10.0 Å². The molecule has 0 amide bonds. The van der Waals surface area contributed by atoms with Gasteiger partial charge in [0.15, 0.2) is 11.6 Å². The number of aromatic nitrogens is 3. The van der Waals surface area contributed by atoms with Crippen LogP contribution in [-0.2, 0) is 10.0 Å². The molecule has 0 bridgehead atoms. The van der Waals surface area contributed by atoms with Gasteiger partial charge in [0.1, 0.15) is 28.2 Å². The molecule has 37 heavy (non-hydrogen) atoms. The number of hydrogen-bond acceptors (Lipinski definition) is 7. The van der Waals surface area contributed by atoms with Gasteiger partial charge in [-0.25, -0.2) is 32.2 Å². The molecule has 2 aromatic heterocycles. The highest BCUT2D eigenvalue weighted by Crippen LogP contribution is 2.34. The van der Waals surface area contributed by atoms with Gasteiger partial charge in [0.05, 0.1) is 26.9 Å². The molecule has 0 radical (unpaired) electrons. The van der Waals surface area contributed by atoms with Crippen molar-refractivity contribution in [3.63, 3.8) is 0 Å². The van der Waals surface area contributed by atoms with E-state index in [1.54, 1.807) is 18.3 Å². The summed E-state index contributed by atoms with van der Waals surface area (Å²) in [5.74, 6) is -2.15. The van der Waals surface area contributed by atoms with E-state index in [2.05, 4.69) is 30.0 Å². The van der Waals surface area contributed by atoms with Crippen LogP contribution in [0.4, 0.5) is 26.0 Å². The summed E-state index contributed by atoms with van der Waals surface area (Å²) < 4.78 is 58.0. The third-order valence-electron chi connectivity index (χ3n) is 5.48. The molecule has 0 aliphatic carbocycles. The zero-order valence-corrected chi connectivity index (χ0v) is 21.3. The summed E-state index contributed by atoms with van der Waals surface area (Å²) in [5, 5.41) is 2.37. The molecular weight excluding hydrogens is 545 g/mol. The van der Waals surface area contributed by atoms with E-state index in [-0.39, 0.29) is 26.3 Å². The summed E-state index contributed by atoms with van der Waals surface area (Å²) in [6.07, 6.45) is 3.55. The van der Waals surface area contributed by atoms with Crippen molar-refractivity contribution in [2.24, 2.45) is 4.99 Å². The topological polar surface area (TPSA) is 109 Å². The smallest absolute Gasteiger partial charge is 0.263 e. The molecule has 0 atom stereocenters. The van der Waals surface area contributed by atoms with E-state index in [0.29, 0.717) is 17.6 Å². The van der Waals surface area contributed by atoms with Crippen molar-refractivity contribution < 1.29 is 17.2 Å². The normalized spacial score (nSPS) is 13.4. The minimum Gasteiger partial charge on any atom is -0.333 e. The fourth-order valence-corrected chi connectivity index (χ4v) is 5.50. The van der Waals surface area contributed by atoms with Crippen LogP contribution in [0.3, 0.4) is 0 Å². The maximum absolute atomic E-state index is 15.4. The largest absolute Gasteiger partial charge is 0.333 e. The molecule has 1 aliphatic rings. The number of pyridine rings is 1. The van der Waals surface area contributed by atoms with E-state index >= 15 is 4.39 Å². The molecule has 2 N–H and O–H groups in total. The minimum absolute atomic E-state index is 0.00377. The number of fused-ring (bicyclic) bond motifs is 1. The van der Waals surface area contributed by atoms with Crippen molar-refractivity contribution in [3.8, 4) is 0 Å². The second-order valence-electron chi connectivity index (χ2n) is 8.05. The third kappa shape index (κ3) is 4.85. The SMILES string of the molecule is CC1=NC=C(c2ccc3ncnc(Nc4c(F)ccc(NS(=O)(=O)c5cccc(Cl)c5Cl)c4F)c3n2)C1. The molecule has 1 aliphatic heterocycles. The van der Waals surface area contributed by atoms with Gasteiger partial charge in [-0.3, -0.25) is 9.71 Å². The van der Waals surface area contributed by atoms with Gasteiger partial charge in [-0.2, -0.15) is 0 Å². The Bertz CT molecular complexity index is 1750. The van der Waals surface area contributed by atoms with Crippen molar-refractivity contribution in [2.75, 3.05) is 10.0 Å². The molecule has 4 aromatic rings. The average Bonchev–Trinajstić information content (AvgIpc) is 3.31. The second kappa shape index (κ2) is 9.66. The van der Waals surface area contributed by atoms with Gasteiger partial charge in [0.25, 0.3) is 10.0 Å². The number of hydrogen-bond donors (Lipinski definition) is 2. The fourth-order valence-electron chi connectivity index (χ4n) is 3.68. The van der Waals surface area contributed by atoms with Crippen LogP contribution in [0.1, 0.15) is 19.0 Å². The average molecular weight is 561 g/mol. The van der Waals surface area contributed by atoms with E-state index < -0.39 is 33.0 Å². The number of nitrogens with zero attached hydrogens (tertiary/aromatic N) is 4. The molecular formula is C24H16Cl2F2N6O2S. The molecule has 3 heterocycles. The summed E-state index contributed by atoms with van der Waals surface area (Å²) in [5.41, 5.74) is 1.97. The Balaban J connectivity index is 1.52. The van der Waals surface area contributed by atoms with Crippen molar-refractivity contribution in [1.29, 1.82) is 0 Å². The minimum atomic E-state index is -4.36. The van der Waals surface area contributed by atoms with Crippen LogP contribution in [0.25, 0.3) is 16.6 Å². The lowest BCUT2D eigenvalue weighted by atomic mass is 10.1. The molecule has 0 saturated heterocycles. The highest BCUT2D eigenvalue weighted by Gasteiger charge is 2.24. The van der Waals surface area contributed by atoms with Crippen molar-refractivity contribution in [2.45, 2.75) is 18.2 Å². The molecule has 8 nitrogen and oxygen atoms in total. The van der Waals surface area contributed by atoms with Gasteiger partial charge >= 0.3 is 0 Å². The quantitative estimate of drug-likeness (QED) is 0.284.